The number of rotatable bonds is 5. The maximum atomic E-state index is 9.75. The highest BCUT2D eigenvalue weighted by Crippen LogP contribution is 2.27. The van der Waals surface area contributed by atoms with Gasteiger partial charge < -0.3 is 10.0 Å². The summed E-state index contributed by atoms with van der Waals surface area (Å²) in [5.74, 6) is 2.00. The molecular formula is C12H17N3OS2. The van der Waals surface area contributed by atoms with E-state index in [0.29, 0.717) is 5.69 Å². The standard InChI is InChI=1S/C12H17N3OS2/c1-15(5-6-17)7-9-8-18-12(14-9)11-10(16)3-2-4-13-11/h2-4,9,16-17H,5-8H2,1H3. The number of likely N-dealkylation sites (N-methyl/N-ethyl adjacent to an activating group) is 1. The van der Waals surface area contributed by atoms with Gasteiger partial charge in [0, 0.05) is 30.8 Å². The molecule has 1 aliphatic rings. The van der Waals surface area contributed by atoms with E-state index in [0.717, 1.165) is 29.6 Å². The molecule has 0 saturated heterocycles. The number of aromatic hydroxyl groups is 1. The number of pyridine rings is 1. The Balaban J connectivity index is 2.02. The second-order valence-electron chi connectivity index (χ2n) is 4.26. The molecule has 1 unspecified atom stereocenters. The van der Waals surface area contributed by atoms with Gasteiger partial charge in [-0.1, -0.05) is 0 Å². The molecule has 1 aliphatic heterocycles. The summed E-state index contributed by atoms with van der Waals surface area (Å²) in [4.78, 5) is 11.0. The lowest BCUT2D eigenvalue weighted by Crippen LogP contribution is -2.29. The first kappa shape index (κ1) is 13.7. The highest BCUT2D eigenvalue weighted by Gasteiger charge is 2.22. The molecule has 0 amide bonds. The summed E-state index contributed by atoms with van der Waals surface area (Å²) in [6.07, 6.45) is 1.68. The molecule has 1 N–H and O–H groups in total. The first-order valence-electron chi connectivity index (χ1n) is 5.85. The quantitative estimate of drug-likeness (QED) is 0.804. The summed E-state index contributed by atoms with van der Waals surface area (Å²) in [5, 5.41) is 10.6. The third kappa shape index (κ3) is 3.40. The van der Waals surface area contributed by atoms with Crippen LogP contribution in [0.5, 0.6) is 5.75 Å². The Kier molecular flexibility index (Phi) is 4.91. The van der Waals surface area contributed by atoms with Crippen LogP contribution < -0.4 is 0 Å². The van der Waals surface area contributed by atoms with Crippen LogP contribution in [0.2, 0.25) is 0 Å². The molecule has 1 aromatic heterocycles. The predicted molar refractivity (Wildman–Crippen MR) is 80.0 cm³/mol. The van der Waals surface area contributed by atoms with Crippen LogP contribution in [0, 0.1) is 0 Å². The fraction of sp³-hybridized carbons (Fsp3) is 0.500. The van der Waals surface area contributed by atoms with Crippen molar-refractivity contribution < 1.29 is 5.11 Å². The Bertz CT molecular complexity index is 439. The molecule has 6 heteroatoms. The Morgan fingerprint density at radius 3 is 3.17 bits per heavy atom. The van der Waals surface area contributed by atoms with Crippen LogP contribution in [-0.4, -0.2) is 57.7 Å². The monoisotopic (exact) mass is 283 g/mol. The van der Waals surface area contributed by atoms with Gasteiger partial charge >= 0.3 is 0 Å². The van der Waals surface area contributed by atoms with E-state index in [-0.39, 0.29) is 11.8 Å². The lowest BCUT2D eigenvalue weighted by Gasteiger charge is -2.17. The lowest BCUT2D eigenvalue weighted by molar-refractivity contribution is 0.340. The van der Waals surface area contributed by atoms with Crippen molar-refractivity contribution in [3.8, 4) is 5.75 Å². The van der Waals surface area contributed by atoms with E-state index >= 15 is 0 Å². The fourth-order valence-corrected chi connectivity index (χ4v) is 3.21. The van der Waals surface area contributed by atoms with Gasteiger partial charge in [-0.05, 0) is 19.2 Å². The van der Waals surface area contributed by atoms with E-state index in [1.807, 2.05) is 0 Å². The van der Waals surface area contributed by atoms with E-state index in [4.69, 9.17) is 0 Å². The first-order valence-corrected chi connectivity index (χ1v) is 7.47. The summed E-state index contributed by atoms with van der Waals surface area (Å²) >= 11 is 5.88. The highest BCUT2D eigenvalue weighted by molar-refractivity contribution is 8.14. The van der Waals surface area contributed by atoms with Crippen LogP contribution in [0.1, 0.15) is 5.69 Å². The number of hydrogen-bond acceptors (Lipinski definition) is 6. The summed E-state index contributed by atoms with van der Waals surface area (Å²) in [6, 6.07) is 3.64. The minimum atomic E-state index is 0.202. The van der Waals surface area contributed by atoms with Crippen molar-refractivity contribution in [2.75, 3.05) is 31.6 Å². The molecule has 0 aromatic carbocycles. The van der Waals surface area contributed by atoms with Crippen molar-refractivity contribution in [1.29, 1.82) is 0 Å². The largest absolute Gasteiger partial charge is 0.506 e. The number of aromatic nitrogens is 1. The van der Waals surface area contributed by atoms with Gasteiger partial charge in [-0.25, -0.2) is 0 Å². The first-order chi connectivity index (χ1) is 8.70. The molecule has 0 spiro atoms. The Hall–Kier alpha value is -0.720. The second kappa shape index (κ2) is 6.45. The number of hydrogen-bond donors (Lipinski definition) is 2. The molecule has 2 heterocycles. The average Bonchev–Trinajstić information content (AvgIpc) is 2.78. The van der Waals surface area contributed by atoms with Gasteiger partial charge in [-0.3, -0.25) is 9.98 Å². The molecule has 18 heavy (non-hydrogen) atoms. The number of aliphatic imine (C=N–C) groups is 1. The zero-order valence-corrected chi connectivity index (χ0v) is 12.0. The van der Waals surface area contributed by atoms with Crippen molar-refractivity contribution in [3.63, 3.8) is 0 Å². The Morgan fingerprint density at radius 2 is 2.44 bits per heavy atom. The van der Waals surface area contributed by atoms with Gasteiger partial charge in [-0.2, -0.15) is 12.6 Å². The van der Waals surface area contributed by atoms with Crippen LogP contribution in [0.3, 0.4) is 0 Å². The number of thiol groups is 1. The van der Waals surface area contributed by atoms with Gasteiger partial charge in [0.1, 0.15) is 16.5 Å². The summed E-state index contributed by atoms with van der Waals surface area (Å²) in [7, 11) is 2.08. The van der Waals surface area contributed by atoms with Gasteiger partial charge in [0.2, 0.25) is 0 Å². The molecule has 2 rings (SSSR count). The third-order valence-corrected chi connectivity index (χ3v) is 4.03. The van der Waals surface area contributed by atoms with Crippen LogP contribution >= 0.6 is 24.4 Å². The van der Waals surface area contributed by atoms with E-state index < -0.39 is 0 Å². The van der Waals surface area contributed by atoms with Crippen molar-refractivity contribution in [2.45, 2.75) is 6.04 Å². The van der Waals surface area contributed by atoms with Crippen LogP contribution in [0.4, 0.5) is 0 Å². The Labute approximate surface area is 117 Å². The molecule has 0 radical (unpaired) electrons. The minimum absolute atomic E-state index is 0.202. The fourth-order valence-electron chi connectivity index (χ4n) is 1.82. The second-order valence-corrected chi connectivity index (χ2v) is 5.71. The van der Waals surface area contributed by atoms with Crippen molar-refractivity contribution >= 4 is 29.4 Å². The number of nitrogens with zero attached hydrogens (tertiary/aromatic N) is 3. The maximum absolute atomic E-state index is 9.75. The Morgan fingerprint density at radius 1 is 1.61 bits per heavy atom. The van der Waals surface area contributed by atoms with Crippen molar-refractivity contribution in [1.82, 2.24) is 9.88 Å². The molecule has 1 atom stereocenters. The average molecular weight is 283 g/mol. The van der Waals surface area contributed by atoms with Crippen LogP contribution in [0.15, 0.2) is 23.3 Å². The van der Waals surface area contributed by atoms with Crippen LogP contribution in [0.25, 0.3) is 0 Å². The van der Waals surface area contributed by atoms with Crippen molar-refractivity contribution in [3.05, 3.63) is 24.0 Å². The van der Waals surface area contributed by atoms with E-state index in [2.05, 4.69) is 34.6 Å². The normalized spacial score (nSPS) is 19.3. The minimum Gasteiger partial charge on any atom is -0.506 e. The highest BCUT2D eigenvalue weighted by atomic mass is 32.2. The molecule has 1 aromatic rings. The molecule has 0 aliphatic carbocycles. The molecule has 4 nitrogen and oxygen atoms in total. The predicted octanol–water partition coefficient (Wildman–Crippen LogP) is 1.51. The van der Waals surface area contributed by atoms with E-state index in [1.165, 1.54) is 0 Å². The van der Waals surface area contributed by atoms with Gasteiger partial charge in [-0.15, -0.1) is 11.8 Å². The molecule has 98 valence electrons. The third-order valence-electron chi connectivity index (χ3n) is 2.71. The smallest absolute Gasteiger partial charge is 0.144 e. The maximum Gasteiger partial charge on any atom is 0.144 e. The van der Waals surface area contributed by atoms with Crippen molar-refractivity contribution in [2.24, 2.45) is 4.99 Å². The number of thioether (sulfide) groups is 1. The topological polar surface area (TPSA) is 48.7 Å². The summed E-state index contributed by atoms with van der Waals surface area (Å²) < 4.78 is 0. The molecule has 0 saturated carbocycles. The lowest BCUT2D eigenvalue weighted by atomic mass is 10.3. The van der Waals surface area contributed by atoms with E-state index in [9.17, 15) is 5.11 Å². The summed E-state index contributed by atoms with van der Waals surface area (Å²) in [6.45, 7) is 1.88. The molecule has 0 bridgehead atoms. The zero-order chi connectivity index (χ0) is 13.0. The van der Waals surface area contributed by atoms with Gasteiger partial charge in [0.05, 0.1) is 6.04 Å². The zero-order valence-electron chi connectivity index (χ0n) is 10.3. The van der Waals surface area contributed by atoms with Crippen LogP contribution in [-0.2, 0) is 0 Å². The van der Waals surface area contributed by atoms with Gasteiger partial charge in [0.25, 0.3) is 0 Å². The van der Waals surface area contributed by atoms with Gasteiger partial charge in [0.15, 0.2) is 0 Å². The SMILES string of the molecule is CN(CCS)CC1CSC(c2ncccc2O)=N1. The molecular weight excluding hydrogens is 266 g/mol. The summed E-state index contributed by atoms with van der Waals surface area (Å²) in [5.41, 5.74) is 0.599. The van der Waals surface area contributed by atoms with E-state index in [1.54, 1.807) is 30.1 Å². The molecule has 0 fully saturated rings.